The van der Waals surface area contributed by atoms with Crippen LogP contribution in [0, 0.1) is 11.6 Å². The van der Waals surface area contributed by atoms with Crippen molar-refractivity contribution in [3.05, 3.63) is 29.3 Å². The van der Waals surface area contributed by atoms with Gasteiger partial charge in [0.1, 0.15) is 17.3 Å². The van der Waals surface area contributed by atoms with Crippen molar-refractivity contribution >= 4 is 17.5 Å². The average Bonchev–Trinajstić information content (AvgIpc) is 2.66. The molecule has 0 bridgehead atoms. The molecular weight excluding hydrogens is 280 g/mol. The van der Waals surface area contributed by atoms with E-state index >= 15 is 0 Å². The Morgan fingerprint density at radius 2 is 2.05 bits per heavy atom. The lowest BCUT2D eigenvalue weighted by Crippen LogP contribution is -2.37. The van der Waals surface area contributed by atoms with Gasteiger partial charge in [0, 0.05) is 25.2 Å². The molecule has 1 fully saturated rings. The number of hydrogen-bond donors (Lipinski definition) is 2. The zero-order valence-electron chi connectivity index (χ0n) is 11.7. The van der Waals surface area contributed by atoms with E-state index in [4.69, 9.17) is 0 Å². The Labute approximate surface area is 121 Å². The Hall–Kier alpha value is -2.18. The number of nitrogens with one attached hydrogen (secondary N) is 2. The number of carbonyl (C=O) groups is 2. The van der Waals surface area contributed by atoms with Gasteiger partial charge in [-0.05, 0) is 25.5 Å². The molecule has 0 aliphatic carbocycles. The first-order valence-electron chi connectivity index (χ1n) is 6.81. The number of nitrogens with zero attached hydrogens (tertiary/aromatic N) is 1. The van der Waals surface area contributed by atoms with Gasteiger partial charge in [-0.3, -0.25) is 9.59 Å². The van der Waals surface area contributed by atoms with Crippen molar-refractivity contribution in [1.29, 1.82) is 0 Å². The van der Waals surface area contributed by atoms with Crippen molar-refractivity contribution in [2.45, 2.75) is 13.3 Å². The molecule has 0 unspecified atom stereocenters. The van der Waals surface area contributed by atoms with Gasteiger partial charge in [0.25, 0.3) is 5.91 Å². The summed E-state index contributed by atoms with van der Waals surface area (Å²) in [5.41, 5.74) is -0.344. The fourth-order valence-corrected chi connectivity index (χ4v) is 2.20. The quantitative estimate of drug-likeness (QED) is 0.885. The van der Waals surface area contributed by atoms with E-state index in [0.29, 0.717) is 26.1 Å². The molecule has 1 aromatic carbocycles. The Bertz CT molecular complexity index is 540. The molecule has 2 amide bonds. The van der Waals surface area contributed by atoms with Crippen LogP contribution >= 0.6 is 0 Å². The highest BCUT2D eigenvalue weighted by atomic mass is 19.1. The van der Waals surface area contributed by atoms with E-state index in [-0.39, 0.29) is 23.7 Å². The van der Waals surface area contributed by atoms with Gasteiger partial charge in [-0.25, -0.2) is 8.78 Å². The molecule has 0 spiro atoms. The van der Waals surface area contributed by atoms with Gasteiger partial charge in [0.2, 0.25) is 5.91 Å². The minimum Gasteiger partial charge on any atom is -0.381 e. The van der Waals surface area contributed by atoms with E-state index in [9.17, 15) is 18.4 Å². The molecule has 1 saturated heterocycles. The van der Waals surface area contributed by atoms with Crippen LogP contribution in [0.4, 0.5) is 14.5 Å². The minimum atomic E-state index is -0.820. The van der Waals surface area contributed by atoms with E-state index in [2.05, 4.69) is 10.6 Å². The van der Waals surface area contributed by atoms with Crippen LogP contribution in [0.2, 0.25) is 0 Å². The first-order valence-corrected chi connectivity index (χ1v) is 6.81. The van der Waals surface area contributed by atoms with Crippen LogP contribution in [-0.2, 0) is 4.79 Å². The summed E-state index contributed by atoms with van der Waals surface area (Å²) in [6.45, 7) is 2.85. The topological polar surface area (TPSA) is 61.4 Å². The molecule has 0 aromatic heterocycles. The molecule has 1 aliphatic heterocycles. The van der Waals surface area contributed by atoms with Crippen LogP contribution in [0.1, 0.15) is 23.7 Å². The smallest absolute Gasteiger partial charge is 0.254 e. The van der Waals surface area contributed by atoms with Crippen LogP contribution in [0.15, 0.2) is 12.1 Å². The molecule has 1 heterocycles. The third-order valence-electron chi connectivity index (χ3n) is 3.19. The van der Waals surface area contributed by atoms with Crippen molar-refractivity contribution in [3.8, 4) is 0 Å². The highest BCUT2D eigenvalue weighted by molar-refractivity contribution is 5.97. The standard InChI is InChI=1S/C14H17F2N3O2/c1-2-17-13-10(15)6-9(7-11(13)16)14(21)19-5-3-4-18-12(20)8-19/h6-7,17H,2-5,8H2,1H3,(H,18,20). The van der Waals surface area contributed by atoms with Gasteiger partial charge in [-0.15, -0.1) is 0 Å². The first kappa shape index (κ1) is 15.2. The lowest BCUT2D eigenvalue weighted by Gasteiger charge is -2.19. The van der Waals surface area contributed by atoms with Gasteiger partial charge in [-0.1, -0.05) is 0 Å². The molecule has 5 nitrogen and oxygen atoms in total. The summed E-state index contributed by atoms with van der Waals surface area (Å²) < 4.78 is 27.7. The highest BCUT2D eigenvalue weighted by Crippen LogP contribution is 2.21. The number of benzene rings is 1. The molecule has 1 aromatic rings. The summed E-state index contributed by atoms with van der Waals surface area (Å²) in [5.74, 6) is -2.46. The van der Waals surface area contributed by atoms with E-state index in [1.165, 1.54) is 4.90 Å². The number of anilines is 1. The molecule has 21 heavy (non-hydrogen) atoms. The van der Waals surface area contributed by atoms with Gasteiger partial charge in [0.15, 0.2) is 0 Å². The molecule has 2 rings (SSSR count). The summed E-state index contributed by atoms with van der Waals surface area (Å²) in [7, 11) is 0. The third-order valence-corrected chi connectivity index (χ3v) is 3.19. The van der Waals surface area contributed by atoms with Crippen LogP contribution < -0.4 is 10.6 Å². The minimum absolute atomic E-state index is 0.0960. The normalized spacial score (nSPS) is 15.4. The molecule has 0 radical (unpaired) electrons. The van der Waals surface area contributed by atoms with Gasteiger partial charge < -0.3 is 15.5 Å². The molecule has 1 aliphatic rings. The molecule has 0 saturated carbocycles. The number of hydrogen-bond acceptors (Lipinski definition) is 3. The molecule has 114 valence electrons. The number of halogens is 2. The van der Waals surface area contributed by atoms with Crippen LogP contribution in [0.5, 0.6) is 0 Å². The Morgan fingerprint density at radius 3 is 2.67 bits per heavy atom. The predicted octanol–water partition coefficient (Wildman–Crippen LogP) is 1.36. The second-order valence-electron chi connectivity index (χ2n) is 4.78. The predicted molar refractivity (Wildman–Crippen MR) is 74.1 cm³/mol. The average molecular weight is 297 g/mol. The number of carbonyl (C=O) groups excluding carboxylic acids is 2. The maximum Gasteiger partial charge on any atom is 0.254 e. The van der Waals surface area contributed by atoms with Crippen LogP contribution in [0.3, 0.4) is 0 Å². The van der Waals surface area contributed by atoms with Gasteiger partial charge in [0.05, 0.1) is 6.54 Å². The van der Waals surface area contributed by atoms with Crippen molar-refractivity contribution in [2.24, 2.45) is 0 Å². The Balaban J connectivity index is 2.24. The molecule has 0 atom stereocenters. The van der Waals surface area contributed by atoms with Gasteiger partial charge >= 0.3 is 0 Å². The summed E-state index contributed by atoms with van der Waals surface area (Å²) in [6.07, 6.45) is 0.609. The monoisotopic (exact) mass is 297 g/mol. The first-order chi connectivity index (χ1) is 10.0. The fourth-order valence-electron chi connectivity index (χ4n) is 2.20. The SMILES string of the molecule is CCNc1c(F)cc(C(=O)N2CCCNC(=O)C2)cc1F. The Kier molecular flexibility index (Phi) is 4.72. The summed E-state index contributed by atoms with van der Waals surface area (Å²) in [4.78, 5) is 25.0. The molecule has 2 N–H and O–H groups in total. The highest BCUT2D eigenvalue weighted by Gasteiger charge is 2.23. The second-order valence-corrected chi connectivity index (χ2v) is 4.78. The maximum atomic E-state index is 13.8. The van der Waals surface area contributed by atoms with E-state index in [1.54, 1.807) is 6.92 Å². The van der Waals surface area contributed by atoms with E-state index < -0.39 is 17.5 Å². The van der Waals surface area contributed by atoms with E-state index in [0.717, 1.165) is 12.1 Å². The van der Waals surface area contributed by atoms with Gasteiger partial charge in [-0.2, -0.15) is 0 Å². The largest absolute Gasteiger partial charge is 0.381 e. The summed E-state index contributed by atoms with van der Waals surface area (Å²) in [5, 5.41) is 5.21. The van der Waals surface area contributed by atoms with Crippen LogP contribution in [-0.4, -0.2) is 42.9 Å². The maximum absolute atomic E-state index is 13.8. The zero-order chi connectivity index (χ0) is 15.4. The lowest BCUT2D eigenvalue weighted by atomic mass is 10.1. The fraction of sp³-hybridized carbons (Fsp3) is 0.429. The van der Waals surface area contributed by atoms with Crippen molar-refractivity contribution < 1.29 is 18.4 Å². The summed E-state index contributed by atoms with van der Waals surface area (Å²) in [6, 6.07) is 1.98. The number of amides is 2. The van der Waals surface area contributed by atoms with E-state index in [1.807, 2.05) is 0 Å². The van der Waals surface area contributed by atoms with Crippen molar-refractivity contribution in [3.63, 3.8) is 0 Å². The van der Waals surface area contributed by atoms with Crippen molar-refractivity contribution in [2.75, 3.05) is 31.5 Å². The molecule has 7 heteroatoms. The summed E-state index contributed by atoms with van der Waals surface area (Å²) >= 11 is 0. The lowest BCUT2D eigenvalue weighted by molar-refractivity contribution is -0.121. The van der Waals surface area contributed by atoms with Crippen LogP contribution in [0.25, 0.3) is 0 Å². The Morgan fingerprint density at radius 1 is 1.38 bits per heavy atom. The molecular formula is C14H17F2N3O2. The second kappa shape index (κ2) is 6.51. The zero-order valence-corrected chi connectivity index (χ0v) is 11.7. The van der Waals surface area contributed by atoms with Crippen molar-refractivity contribution in [1.82, 2.24) is 10.2 Å². The number of rotatable bonds is 3. The third kappa shape index (κ3) is 3.48.